The molecular weight excluding hydrogens is 247 g/mol. The Labute approximate surface area is 104 Å². The highest BCUT2D eigenvalue weighted by atomic mass is 19.4. The molecular formula is C12H16F3NO2. The fraction of sp³-hybridized carbons (Fsp3) is 0.500. The first-order valence-corrected chi connectivity index (χ1v) is 5.49. The van der Waals surface area contributed by atoms with Gasteiger partial charge in [-0.2, -0.15) is 18.7 Å². The minimum Gasteiger partial charge on any atom is -0.382 e. The second-order valence-corrected chi connectivity index (χ2v) is 3.77. The Morgan fingerprint density at radius 3 is 2.50 bits per heavy atom. The third-order valence-corrected chi connectivity index (χ3v) is 2.38. The molecule has 0 bridgehead atoms. The van der Waals surface area contributed by atoms with E-state index in [2.05, 4.69) is 5.48 Å². The minimum atomic E-state index is -4.36. The molecule has 1 rings (SSSR count). The van der Waals surface area contributed by atoms with Crippen LogP contribution in [0, 0.1) is 0 Å². The number of hydroxylamine groups is 1. The van der Waals surface area contributed by atoms with Crippen molar-refractivity contribution < 1.29 is 22.7 Å². The Morgan fingerprint density at radius 2 is 1.89 bits per heavy atom. The number of hydrogen-bond acceptors (Lipinski definition) is 3. The molecule has 1 aromatic rings. The Bertz CT molecular complexity index is 369. The number of methoxy groups -OCH3 is 1. The fourth-order valence-electron chi connectivity index (χ4n) is 1.51. The van der Waals surface area contributed by atoms with Crippen LogP contribution in [0.3, 0.4) is 0 Å². The number of hydrogen-bond donors (Lipinski definition) is 1. The molecule has 1 N–H and O–H groups in total. The molecule has 0 amide bonds. The normalized spacial score (nSPS) is 13.6. The number of ether oxygens (including phenoxy) is 1. The number of rotatable bonds is 6. The molecule has 1 unspecified atom stereocenters. The van der Waals surface area contributed by atoms with E-state index in [1.165, 1.54) is 19.2 Å². The van der Waals surface area contributed by atoms with Gasteiger partial charge in [0.05, 0.1) is 24.8 Å². The van der Waals surface area contributed by atoms with Crippen molar-refractivity contribution in [1.29, 1.82) is 0 Å². The van der Waals surface area contributed by atoms with Gasteiger partial charge in [-0.05, 0) is 18.6 Å². The zero-order valence-corrected chi connectivity index (χ0v) is 10.3. The molecule has 0 aliphatic rings. The standard InChI is InChI=1S/C12H16F3NO2/c1-9(16-18-8-7-17-2)10-5-3-4-6-11(10)12(13,14)15/h3-6,9,16H,7-8H2,1-2H3. The molecule has 0 aliphatic carbocycles. The molecule has 0 saturated heterocycles. The van der Waals surface area contributed by atoms with Crippen molar-refractivity contribution in [1.82, 2.24) is 5.48 Å². The van der Waals surface area contributed by atoms with Gasteiger partial charge in [-0.25, -0.2) is 0 Å². The van der Waals surface area contributed by atoms with Crippen LogP contribution >= 0.6 is 0 Å². The van der Waals surface area contributed by atoms with E-state index < -0.39 is 17.8 Å². The van der Waals surface area contributed by atoms with Crippen molar-refractivity contribution in [3.8, 4) is 0 Å². The van der Waals surface area contributed by atoms with Gasteiger partial charge < -0.3 is 4.74 Å². The van der Waals surface area contributed by atoms with E-state index >= 15 is 0 Å². The lowest BCUT2D eigenvalue weighted by molar-refractivity contribution is -0.138. The number of benzene rings is 1. The van der Waals surface area contributed by atoms with E-state index in [1.807, 2.05) is 0 Å². The van der Waals surface area contributed by atoms with Crippen LogP contribution in [0.5, 0.6) is 0 Å². The van der Waals surface area contributed by atoms with Gasteiger partial charge in [0.15, 0.2) is 0 Å². The zero-order valence-electron chi connectivity index (χ0n) is 10.3. The van der Waals surface area contributed by atoms with Crippen LogP contribution < -0.4 is 5.48 Å². The van der Waals surface area contributed by atoms with E-state index in [0.717, 1.165) is 6.07 Å². The SMILES string of the molecule is COCCONC(C)c1ccccc1C(F)(F)F. The Kier molecular flexibility index (Phi) is 5.58. The lowest BCUT2D eigenvalue weighted by Gasteiger charge is -2.19. The first-order valence-electron chi connectivity index (χ1n) is 5.49. The van der Waals surface area contributed by atoms with Crippen LogP contribution in [-0.2, 0) is 15.8 Å². The summed E-state index contributed by atoms with van der Waals surface area (Å²) in [6, 6.07) is 4.87. The molecule has 3 nitrogen and oxygen atoms in total. The summed E-state index contributed by atoms with van der Waals surface area (Å²) in [6.45, 7) is 2.26. The summed E-state index contributed by atoms with van der Waals surface area (Å²) in [6.07, 6.45) is -4.36. The largest absolute Gasteiger partial charge is 0.416 e. The molecule has 0 saturated carbocycles. The van der Waals surface area contributed by atoms with E-state index in [9.17, 15) is 13.2 Å². The second kappa shape index (κ2) is 6.72. The van der Waals surface area contributed by atoms with E-state index in [4.69, 9.17) is 9.57 Å². The summed E-state index contributed by atoms with van der Waals surface area (Å²) < 4.78 is 43.1. The van der Waals surface area contributed by atoms with Crippen molar-refractivity contribution in [3.05, 3.63) is 35.4 Å². The summed E-state index contributed by atoms with van der Waals surface area (Å²) in [5.74, 6) is 0. The molecule has 0 radical (unpaired) electrons. The predicted molar refractivity (Wildman–Crippen MR) is 60.8 cm³/mol. The lowest BCUT2D eigenvalue weighted by atomic mass is 10.0. The molecule has 102 valence electrons. The summed E-state index contributed by atoms with van der Waals surface area (Å²) in [7, 11) is 1.52. The van der Waals surface area contributed by atoms with E-state index in [1.54, 1.807) is 13.0 Å². The van der Waals surface area contributed by atoms with Gasteiger partial charge in [-0.15, -0.1) is 0 Å². The van der Waals surface area contributed by atoms with Gasteiger partial charge in [0, 0.05) is 7.11 Å². The Morgan fingerprint density at radius 1 is 1.22 bits per heavy atom. The molecule has 1 atom stereocenters. The van der Waals surface area contributed by atoms with Crippen LogP contribution in [0.1, 0.15) is 24.1 Å². The molecule has 0 heterocycles. The highest BCUT2D eigenvalue weighted by molar-refractivity contribution is 5.31. The van der Waals surface area contributed by atoms with Gasteiger partial charge in [-0.3, -0.25) is 4.84 Å². The first-order chi connectivity index (χ1) is 8.46. The van der Waals surface area contributed by atoms with Gasteiger partial charge in [0.2, 0.25) is 0 Å². The fourth-order valence-corrected chi connectivity index (χ4v) is 1.51. The maximum Gasteiger partial charge on any atom is 0.416 e. The highest BCUT2D eigenvalue weighted by Gasteiger charge is 2.34. The quantitative estimate of drug-likeness (QED) is 0.632. The van der Waals surface area contributed by atoms with Crippen molar-refractivity contribution in [2.75, 3.05) is 20.3 Å². The predicted octanol–water partition coefficient (Wildman–Crippen LogP) is 2.93. The van der Waals surface area contributed by atoms with Gasteiger partial charge in [-0.1, -0.05) is 18.2 Å². The summed E-state index contributed by atoms with van der Waals surface area (Å²) >= 11 is 0. The lowest BCUT2D eigenvalue weighted by Crippen LogP contribution is -2.23. The average molecular weight is 263 g/mol. The van der Waals surface area contributed by atoms with Crippen molar-refractivity contribution in [2.24, 2.45) is 0 Å². The van der Waals surface area contributed by atoms with Crippen molar-refractivity contribution in [2.45, 2.75) is 19.1 Å². The Hall–Kier alpha value is -1.11. The molecule has 6 heteroatoms. The molecule has 0 spiro atoms. The minimum absolute atomic E-state index is 0.155. The maximum atomic E-state index is 12.8. The average Bonchev–Trinajstić information content (AvgIpc) is 2.33. The highest BCUT2D eigenvalue weighted by Crippen LogP contribution is 2.34. The second-order valence-electron chi connectivity index (χ2n) is 3.77. The summed E-state index contributed by atoms with van der Waals surface area (Å²) in [5.41, 5.74) is 2.07. The zero-order chi connectivity index (χ0) is 13.6. The Balaban J connectivity index is 2.70. The molecule has 1 aromatic carbocycles. The van der Waals surface area contributed by atoms with Crippen LogP contribution in [-0.4, -0.2) is 20.3 Å². The van der Waals surface area contributed by atoms with Crippen molar-refractivity contribution >= 4 is 0 Å². The van der Waals surface area contributed by atoms with Gasteiger partial charge >= 0.3 is 6.18 Å². The van der Waals surface area contributed by atoms with E-state index in [-0.39, 0.29) is 12.2 Å². The maximum absolute atomic E-state index is 12.8. The summed E-state index contributed by atoms with van der Waals surface area (Å²) in [4.78, 5) is 5.02. The van der Waals surface area contributed by atoms with Crippen LogP contribution in [0.2, 0.25) is 0 Å². The molecule has 0 fully saturated rings. The topological polar surface area (TPSA) is 30.5 Å². The van der Waals surface area contributed by atoms with Crippen LogP contribution in [0.4, 0.5) is 13.2 Å². The number of halogens is 3. The van der Waals surface area contributed by atoms with Crippen LogP contribution in [0.25, 0.3) is 0 Å². The number of nitrogens with one attached hydrogen (secondary N) is 1. The van der Waals surface area contributed by atoms with Gasteiger partial charge in [0.1, 0.15) is 0 Å². The first kappa shape index (κ1) is 14.9. The molecule has 0 aliphatic heterocycles. The van der Waals surface area contributed by atoms with Gasteiger partial charge in [0.25, 0.3) is 0 Å². The smallest absolute Gasteiger partial charge is 0.382 e. The van der Waals surface area contributed by atoms with Crippen LogP contribution in [0.15, 0.2) is 24.3 Å². The molecule has 0 aromatic heterocycles. The molecule has 18 heavy (non-hydrogen) atoms. The number of alkyl halides is 3. The third-order valence-electron chi connectivity index (χ3n) is 2.38. The van der Waals surface area contributed by atoms with E-state index in [0.29, 0.717) is 6.61 Å². The monoisotopic (exact) mass is 263 g/mol. The summed E-state index contributed by atoms with van der Waals surface area (Å²) in [5, 5.41) is 0. The van der Waals surface area contributed by atoms with Crippen molar-refractivity contribution in [3.63, 3.8) is 0 Å². The third kappa shape index (κ3) is 4.29.